The summed E-state index contributed by atoms with van der Waals surface area (Å²) >= 11 is 0. The molecule has 1 saturated carbocycles. The molecule has 8 nitrogen and oxygen atoms in total. The van der Waals surface area contributed by atoms with Crippen molar-refractivity contribution in [3.05, 3.63) is 18.1 Å². The third-order valence-corrected chi connectivity index (χ3v) is 6.65. The molecular formula is C16H25N5O3S. The summed E-state index contributed by atoms with van der Waals surface area (Å²) in [5.41, 5.74) is 0.932. The van der Waals surface area contributed by atoms with Crippen LogP contribution in [0.25, 0.3) is 0 Å². The summed E-state index contributed by atoms with van der Waals surface area (Å²) in [7, 11) is -3.18. The van der Waals surface area contributed by atoms with E-state index >= 15 is 0 Å². The van der Waals surface area contributed by atoms with Crippen molar-refractivity contribution >= 4 is 21.7 Å². The molecule has 1 amide bonds. The van der Waals surface area contributed by atoms with Gasteiger partial charge in [0.25, 0.3) is 0 Å². The van der Waals surface area contributed by atoms with Crippen molar-refractivity contribution in [3.63, 3.8) is 0 Å². The Labute approximate surface area is 148 Å². The highest BCUT2D eigenvalue weighted by atomic mass is 32.2. The molecule has 1 aliphatic heterocycles. The number of carbonyl (C=O) groups is 1. The molecule has 2 heterocycles. The number of carbonyl (C=O) groups excluding carboxylic acids is 1. The Bertz CT molecular complexity index is 712. The lowest BCUT2D eigenvalue weighted by atomic mass is 9.78. The number of hydrogen-bond acceptors (Lipinski definition) is 6. The lowest BCUT2D eigenvalue weighted by molar-refractivity contribution is -0.120. The van der Waals surface area contributed by atoms with Gasteiger partial charge in [0, 0.05) is 50.3 Å². The number of amides is 1. The third kappa shape index (κ3) is 4.66. The maximum atomic E-state index is 12.2. The zero-order valence-corrected chi connectivity index (χ0v) is 15.3. The number of hydrogen-bond donors (Lipinski definition) is 2. The molecule has 0 unspecified atom stereocenters. The lowest BCUT2D eigenvalue weighted by Crippen LogP contribution is -2.42. The fourth-order valence-corrected chi connectivity index (χ4v) is 4.79. The lowest BCUT2D eigenvalue weighted by Gasteiger charge is -2.35. The fourth-order valence-electron chi connectivity index (χ4n) is 3.36. The quantitative estimate of drug-likeness (QED) is 0.735. The van der Waals surface area contributed by atoms with E-state index in [4.69, 9.17) is 0 Å². The maximum Gasteiger partial charge on any atom is 0.217 e. The molecule has 9 heteroatoms. The first kappa shape index (κ1) is 18.1. The summed E-state index contributed by atoms with van der Waals surface area (Å²) in [5.74, 6) is 1.02. The van der Waals surface area contributed by atoms with Crippen LogP contribution in [0.4, 0.5) is 5.82 Å². The molecule has 3 rings (SSSR count). The molecule has 2 N–H and O–H groups in total. The molecule has 1 aliphatic carbocycles. The van der Waals surface area contributed by atoms with E-state index in [2.05, 4.69) is 20.6 Å². The standard InChI is InChI=1S/C16H25N5O3S/c1-12(22)20-14-8-13(9-14)15-10-16(19-11-18-15)17-4-7-25(23,24)21-5-2-3-6-21/h10-11,13-14H,2-9H2,1H3,(H,20,22)(H,17,18,19). The van der Waals surface area contributed by atoms with Crippen molar-refractivity contribution in [2.45, 2.75) is 44.6 Å². The SMILES string of the molecule is CC(=O)NC1CC(c2cc(NCCS(=O)(=O)N3CCCC3)ncn2)C1. The second kappa shape index (κ2) is 7.65. The van der Waals surface area contributed by atoms with Crippen LogP contribution in [0.2, 0.25) is 0 Å². The first-order chi connectivity index (χ1) is 11.9. The Balaban J connectivity index is 1.48. The summed E-state index contributed by atoms with van der Waals surface area (Å²) in [5, 5.41) is 5.99. The molecule has 0 bridgehead atoms. The molecule has 2 aliphatic rings. The molecule has 1 aromatic heterocycles. The van der Waals surface area contributed by atoms with Gasteiger partial charge in [0.05, 0.1) is 5.75 Å². The van der Waals surface area contributed by atoms with Gasteiger partial charge in [-0.2, -0.15) is 0 Å². The third-order valence-electron chi connectivity index (χ3n) is 4.78. The zero-order valence-electron chi connectivity index (χ0n) is 14.4. The maximum absolute atomic E-state index is 12.2. The largest absolute Gasteiger partial charge is 0.369 e. The van der Waals surface area contributed by atoms with Gasteiger partial charge in [-0.1, -0.05) is 0 Å². The highest BCUT2D eigenvalue weighted by molar-refractivity contribution is 7.89. The van der Waals surface area contributed by atoms with Crippen molar-refractivity contribution in [3.8, 4) is 0 Å². The van der Waals surface area contributed by atoms with Gasteiger partial charge >= 0.3 is 0 Å². The second-order valence-electron chi connectivity index (χ2n) is 6.74. The number of sulfonamides is 1. The van der Waals surface area contributed by atoms with Crippen molar-refractivity contribution in [1.82, 2.24) is 19.6 Å². The van der Waals surface area contributed by atoms with Crippen LogP contribution >= 0.6 is 0 Å². The predicted octanol–water partition coefficient (Wildman–Crippen LogP) is 0.696. The van der Waals surface area contributed by atoms with Gasteiger partial charge in [0.1, 0.15) is 12.1 Å². The van der Waals surface area contributed by atoms with Gasteiger partial charge in [-0.05, 0) is 25.7 Å². The van der Waals surface area contributed by atoms with E-state index in [1.54, 1.807) is 4.31 Å². The summed E-state index contributed by atoms with van der Waals surface area (Å²) in [6.07, 6.45) is 5.14. The van der Waals surface area contributed by atoms with Crippen molar-refractivity contribution in [1.29, 1.82) is 0 Å². The average Bonchev–Trinajstić information content (AvgIpc) is 3.05. The molecule has 25 heavy (non-hydrogen) atoms. The second-order valence-corrected chi connectivity index (χ2v) is 8.83. The Morgan fingerprint density at radius 2 is 2.00 bits per heavy atom. The molecule has 0 atom stereocenters. The Hall–Kier alpha value is -1.74. The van der Waals surface area contributed by atoms with E-state index in [-0.39, 0.29) is 17.7 Å². The molecule has 1 saturated heterocycles. The number of rotatable bonds is 7. The van der Waals surface area contributed by atoms with E-state index in [1.165, 1.54) is 13.3 Å². The minimum Gasteiger partial charge on any atom is -0.369 e. The first-order valence-corrected chi connectivity index (χ1v) is 10.4. The molecule has 1 aromatic rings. The molecule has 0 spiro atoms. The van der Waals surface area contributed by atoms with Gasteiger partial charge in [-0.15, -0.1) is 0 Å². The molecule has 0 radical (unpaired) electrons. The highest BCUT2D eigenvalue weighted by Gasteiger charge is 2.32. The minimum atomic E-state index is -3.18. The summed E-state index contributed by atoms with van der Waals surface area (Å²) in [4.78, 5) is 19.5. The Morgan fingerprint density at radius 3 is 2.68 bits per heavy atom. The van der Waals surface area contributed by atoms with Crippen LogP contribution in [0.15, 0.2) is 12.4 Å². The zero-order chi connectivity index (χ0) is 17.9. The molecular weight excluding hydrogens is 342 g/mol. The normalized spacial score (nSPS) is 23.9. The summed E-state index contributed by atoms with van der Waals surface area (Å²) in [6, 6.07) is 2.09. The topological polar surface area (TPSA) is 104 Å². The van der Waals surface area contributed by atoms with Gasteiger partial charge < -0.3 is 10.6 Å². The van der Waals surface area contributed by atoms with E-state index in [1.807, 2.05) is 6.07 Å². The van der Waals surface area contributed by atoms with Gasteiger partial charge in [0.15, 0.2) is 0 Å². The van der Waals surface area contributed by atoms with Crippen LogP contribution < -0.4 is 10.6 Å². The van der Waals surface area contributed by atoms with Crippen LogP contribution in [0.3, 0.4) is 0 Å². The number of nitrogens with zero attached hydrogens (tertiary/aromatic N) is 3. The van der Waals surface area contributed by atoms with Gasteiger partial charge in [-0.25, -0.2) is 22.7 Å². The van der Waals surface area contributed by atoms with Crippen LogP contribution in [0.1, 0.15) is 44.2 Å². The monoisotopic (exact) mass is 367 g/mol. The van der Waals surface area contributed by atoms with Crippen molar-refractivity contribution in [2.24, 2.45) is 0 Å². The van der Waals surface area contributed by atoms with E-state index in [9.17, 15) is 13.2 Å². The average molecular weight is 367 g/mol. The van der Waals surface area contributed by atoms with Crippen LogP contribution in [-0.2, 0) is 14.8 Å². The van der Waals surface area contributed by atoms with Crippen LogP contribution in [0, 0.1) is 0 Å². The van der Waals surface area contributed by atoms with Crippen LogP contribution in [-0.4, -0.2) is 60.0 Å². The number of nitrogens with one attached hydrogen (secondary N) is 2. The minimum absolute atomic E-state index is 0.00675. The smallest absolute Gasteiger partial charge is 0.217 e. The predicted molar refractivity (Wildman–Crippen MR) is 94.7 cm³/mol. The van der Waals surface area contributed by atoms with Gasteiger partial charge in [0.2, 0.25) is 15.9 Å². The van der Waals surface area contributed by atoms with E-state index in [0.29, 0.717) is 31.4 Å². The summed E-state index contributed by atoms with van der Waals surface area (Å²) < 4.78 is 26.0. The fraction of sp³-hybridized carbons (Fsp3) is 0.688. The van der Waals surface area contributed by atoms with Crippen molar-refractivity contribution in [2.75, 3.05) is 30.7 Å². The summed E-state index contributed by atoms with van der Waals surface area (Å²) in [6.45, 7) is 3.12. The van der Waals surface area contributed by atoms with E-state index < -0.39 is 10.0 Å². The molecule has 0 aromatic carbocycles. The Morgan fingerprint density at radius 1 is 1.28 bits per heavy atom. The van der Waals surface area contributed by atoms with Crippen LogP contribution in [0.5, 0.6) is 0 Å². The number of aromatic nitrogens is 2. The van der Waals surface area contributed by atoms with Crippen molar-refractivity contribution < 1.29 is 13.2 Å². The Kier molecular flexibility index (Phi) is 5.53. The van der Waals surface area contributed by atoms with E-state index in [0.717, 1.165) is 31.4 Å². The van der Waals surface area contributed by atoms with Gasteiger partial charge in [-0.3, -0.25) is 4.79 Å². The molecule has 138 valence electrons. The first-order valence-electron chi connectivity index (χ1n) is 8.75. The molecule has 2 fully saturated rings. The number of anilines is 1. The highest BCUT2D eigenvalue weighted by Crippen LogP contribution is 2.36.